The summed E-state index contributed by atoms with van der Waals surface area (Å²) in [6.07, 6.45) is -1.14. The van der Waals surface area contributed by atoms with Gasteiger partial charge >= 0.3 is 16.5 Å². The molecule has 0 fully saturated rings. The Morgan fingerprint density at radius 1 is 0.929 bits per heavy atom. The van der Waals surface area contributed by atoms with Crippen molar-refractivity contribution < 1.29 is 51.7 Å². The second kappa shape index (κ2) is 13.3. The second-order valence-electron chi connectivity index (χ2n) is 8.13. The van der Waals surface area contributed by atoms with Gasteiger partial charge in [0.15, 0.2) is 0 Å². The monoisotopic (exact) mass is 670 g/mol. The van der Waals surface area contributed by atoms with E-state index in [1.165, 1.54) is 4.90 Å². The maximum atomic E-state index is 14.6. The van der Waals surface area contributed by atoms with E-state index in [9.17, 15) is 43.0 Å². The van der Waals surface area contributed by atoms with Crippen LogP contribution >= 0.6 is 0 Å². The Balaban J connectivity index is 1.92. The van der Waals surface area contributed by atoms with Gasteiger partial charge in [-0.2, -0.15) is 44.6 Å². The van der Waals surface area contributed by atoms with Gasteiger partial charge < -0.3 is 16.0 Å². The molecular weight excluding hydrogens is 648 g/mol. The number of hydrogen-bond donors (Lipinski definition) is 5. The van der Waals surface area contributed by atoms with Gasteiger partial charge in [0.2, 0.25) is 11.9 Å². The van der Waals surface area contributed by atoms with Crippen molar-refractivity contribution in [3.05, 3.63) is 48.5 Å². The van der Waals surface area contributed by atoms with Crippen molar-refractivity contribution >= 4 is 70.4 Å². The van der Waals surface area contributed by atoms with Crippen molar-refractivity contribution in [2.45, 2.75) is 16.2 Å². The maximum absolute atomic E-state index is 14.6. The Labute approximate surface area is 241 Å². The molecule has 0 saturated carbocycles. The Morgan fingerprint density at radius 2 is 1.57 bits per heavy atom. The fourth-order valence-electron chi connectivity index (χ4n) is 3.42. The van der Waals surface area contributed by atoms with Gasteiger partial charge in [-0.05, 0) is 30.7 Å². The molecule has 42 heavy (non-hydrogen) atoms. The third-order valence-corrected chi connectivity index (χ3v) is 8.75. The summed E-state index contributed by atoms with van der Waals surface area (Å²) in [7, 11) is -16.4. The van der Waals surface area contributed by atoms with E-state index in [2.05, 4.69) is 24.5 Å². The highest BCUT2D eigenvalue weighted by atomic mass is 32.3. The van der Waals surface area contributed by atoms with E-state index in [1.807, 2.05) is 0 Å². The molecule has 0 spiro atoms. The number of hydrogen-bond acceptors (Lipinski definition) is 14. The van der Waals surface area contributed by atoms with E-state index >= 15 is 0 Å². The zero-order chi connectivity index (χ0) is 31.3. The van der Waals surface area contributed by atoms with Crippen molar-refractivity contribution in [3.8, 4) is 0 Å². The van der Waals surface area contributed by atoms with Crippen LogP contribution in [0.3, 0.4) is 0 Å². The van der Waals surface area contributed by atoms with Crippen LogP contribution in [-0.2, 0) is 45.6 Å². The van der Waals surface area contributed by atoms with Crippen molar-refractivity contribution in [3.63, 3.8) is 0 Å². The van der Waals surface area contributed by atoms with Crippen molar-refractivity contribution in [2.24, 2.45) is 0 Å². The number of nitrogens with two attached hydrogens (primary N) is 1. The molecule has 3 rings (SSSR count). The molecule has 0 aliphatic heterocycles. The van der Waals surface area contributed by atoms with Crippen molar-refractivity contribution in [1.82, 2.24) is 15.0 Å². The number of halogens is 1. The van der Waals surface area contributed by atoms with Crippen LogP contribution in [0.2, 0.25) is 0 Å². The molecule has 0 bridgehead atoms. The molecule has 6 N–H and O–H groups in total. The minimum Gasteiger partial charge on any atom is -0.398 e. The predicted octanol–water partition coefficient (Wildman–Crippen LogP) is 0.926. The highest BCUT2D eigenvalue weighted by Gasteiger charge is 2.25. The number of rotatable bonds is 14. The number of para-hydroxylation sites is 1. The molecule has 1 heterocycles. The largest absolute Gasteiger partial charge is 0.398 e. The molecule has 17 nitrogen and oxygen atoms in total. The zero-order valence-corrected chi connectivity index (χ0v) is 24.3. The average molecular weight is 671 g/mol. The van der Waals surface area contributed by atoms with Gasteiger partial charge in [0.05, 0.1) is 18.0 Å². The number of nitrogen functional groups attached to an aromatic ring is 1. The highest BCUT2D eigenvalue weighted by molar-refractivity contribution is 7.87. The van der Waals surface area contributed by atoms with Crippen LogP contribution in [0, 0.1) is 6.08 Å². The fourth-order valence-corrected chi connectivity index (χ4v) is 6.10. The van der Waals surface area contributed by atoms with Crippen LogP contribution in [-0.4, -0.2) is 82.7 Å². The lowest BCUT2D eigenvalue weighted by molar-refractivity contribution is 0.284. The lowest BCUT2D eigenvalue weighted by Gasteiger charge is -2.23. The van der Waals surface area contributed by atoms with Gasteiger partial charge in [-0.3, -0.25) is 17.9 Å². The Kier molecular flexibility index (Phi) is 10.5. The molecule has 0 amide bonds. The number of anilines is 5. The molecule has 0 aliphatic rings. The van der Waals surface area contributed by atoms with Crippen LogP contribution in [0.5, 0.6) is 0 Å². The van der Waals surface area contributed by atoms with E-state index < -0.39 is 81.2 Å². The molecule has 1 aromatic heterocycles. The number of benzene rings is 2. The van der Waals surface area contributed by atoms with Crippen LogP contribution in [0.25, 0.3) is 0 Å². The standard InChI is InChI=1S/C20H23FN6O11S4/c21-18-24-19(23-15-11-14(22)16(40(29,30)31)12-17(15)41(32,33)34)26-20(25-18)27(13-5-2-1-3-6-13)7-4-9-39(28)10-8-38-42(35,36)37/h1-3,5-6,11-12H,4,7-10,22H2,(H,29,30,31)(H,32,33,34)(H,35,36,37)(H,23,24,25,26). The second-order valence-corrected chi connectivity index (χ2v) is 13.7. The van der Waals surface area contributed by atoms with E-state index in [0.717, 1.165) is 6.07 Å². The third-order valence-electron chi connectivity index (χ3n) is 5.12. The summed E-state index contributed by atoms with van der Waals surface area (Å²) in [5, 5.41) is 2.34. The average Bonchev–Trinajstić information content (AvgIpc) is 2.84. The first-order valence-corrected chi connectivity index (χ1v) is 17.0. The molecule has 0 saturated heterocycles. The zero-order valence-electron chi connectivity index (χ0n) is 21.1. The third kappa shape index (κ3) is 9.59. The molecule has 2 aromatic carbocycles. The molecule has 0 aliphatic carbocycles. The Hall–Kier alpha value is -3.38. The Bertz CT molecular complexity index is 1790. The summed E-state index contributed by atoms with van der Waals surface area (Å²) in [6.45, 7) is -0.465. The first-order valence-electron chi connectivity index (χ1n) is 11.3. The first-order chi connectivity index (χ1) is 19.4. The fraction of sp³-hybridized carbons (Fsp3) is 0.250. The maximum Gasteiger partial charge on any atom is 0.397 e. The predicted molar refractivity (Wildman–Crippen MR) is 147 cm³/mol. The van der Waals surface area contributed by atoms with Crippen molar-refractivity contribution in [2.75, 3.05) is 40.6 Å². The summed E-state index contributed by atoms with van der Waals surface area (Å²) in [6, 6.07) is 9.38. The SMILES string of the molecule is Nc1cc(Nc2nc(F)nc(N(CCCS(=O)CCOS(=O)(=O)O)c3ccccc3)n2)c(S(=O)(=O)O)cc1S(=O)(=O)O. The lowest BCUT2D eigenvalue weighted by Crippen LogP contribution is -2.24. The molecular formula is C20H23FN6O11S4. The number of nitrogens with zero attached hydrogens (tertiary/aromatic N) is 4. The quantitative estimate of drug-likeness (QED) is 0.118. The number of nitrogens with one attached hydrogen (secondary N) is 1. The van der Waals surface area contributed by atoms with Gasteiger partial charge in [-0.1, -0.05) is 18.2 Å². The summed E-state index contributed by atoms with van der Waals surface area (Å²) < 4.78 is 127. The smallest absolute Gasteiger partial charge is 0.397 e. The van der Waals surface area contributed by atoms with Gasteiger partial charge in [-0.25, -0.2) is 4.18 Å². The van der Waals surface area contributed by atoms with E-state index in [0.29, 0.717) is 11.8 Å². The normalized spacial score (nSPS) is 13.0. The van der Waals surface area contributed by atoms with E-state index in [1.54, 1.807) is 30.3 Å². The molecule has 230 valence electrons. The van der Waals surface area contributed by atoms with Gasteiger partial charge in [0.25, 0.3) is 20.2 Å². The van der Waals surface area contributed by atoms with Crippen LogP contribution in [0.4, 0.5) is 33.3 Å². The number of aromatic nitrogens is 3. The minimum absolute atomic E-state index is 0.0357. The Morgan fingerprint density at radius 3 is 2.17 bits per heavy atom. The van der Waals surface area contributed by atoms with Crippen molar-refractivity contribution in [1.29, 1.82) is 0 Å². The minimum atomic E-state index is -5.12. The lowest BCUT2D eigenvalue weighted by atomic mass is 10.3. The molecule has 3 aromatic rings. The molecule has 1 atom stereocenters. The van der Waals surface area contributed by atoms with Gasteiger partial charge in [0, 0.05) is 34.5 Å². The summed E-state index contributed by atoms with van der Waals surface area (Å²) in [4.78, 5) is 10.5. The van der Waals surface area contributed by atoms with Gasteiger partial charge in [-0.15, -0.1) is 0 Å². The van der Waals surface area contributed by atoms with Crippen LogP contribution < -0.4 is 16.0 Å². The highest BCUT2D eigenvalue weighted by Crippen LogP contribution is 2.32. The van der Waals surface area contributed by atoms with Gasteiger partial charge in [0.1, 0.15) is 9.79 Å². The first kappa shape index (κ1) is 33.1. The van der Waals surface area contributed by atoms with Crippen LogP contribution in [0.1, 0.15) is 6.42 Å². The van der Waals surface area contributed by atoms with E-state index in [-0.39, 0.29) is 30.4 Å². The van der Waals surface area contributed by atoms with E-state index in [4.69, 9.17) is 10.3 Å². The molecule has 0 radical (unpaired) electrons. The summed E-state index contributed by atoms with van der Waals surface area (Å²) in [5.74, 6) is -1.05. The molecule has 1 unspecified atom stereocenters. The van der Waals surface area contributed by atoms with Crippen LogP contribution in [0.15, 0.2) is 52.3 Å². The molecule has 22 heteroatoms. The summed E-state index contributed by atoms with van der Waals surface area (Å²) in [5.41, 5.74) is 4.89. The topological polar surface area (TPSA) is 269 Å². The summed E-state index contributed by atoms with van der Waals surface area (Å²) >= 11 is 0.